The van der Waals surface area contributed by atoms with Crippen molar-refractivity contribution in [1.82, 2.24) is 10.3 Å². The van der Waals surface area contributed by atoms with Crippen molar-refractivity contribution in [2.75, 3.05) is 32.8 Å². The highest BCUT2D eigenvalue weighted by Gasteiger charge is 2.14. The van der Waals surface area contributed by atoms with Gasteiger partial charge in [-0.05, 0) is 55.6 Å². The monoisotopic (exact) mass is 534 g/mol. The van der Waals surface area contributed by atoms with E-state index in [0.29, 0.717) is 31.1 Å². The van der Waals surface area contributed by atoms with Gasteiger partial charge in [0.05, 0.1) is 46.6 Å². The van der Waals surface area contributed by atoms with E-state index in [1.807, 2.05) is 35.2 Å². The number of halogens is 2. The summed E-state index contributed by atoms with van der Waals surface area (Å²) in [6.07, 6.45) is 1.57. The average molecular weight is 536 g/mol. The van der Waals surface area contributed by atoms with Gasteiger partial charge >= 0.3 is 0 Å². The number of amides is 1. The van der Waals surface area contributed by atoms with Crippen molar-refractivity contribution in [2.45, 2.75) is 6.61 Å². The third-order valence-electron chi connectivity index (χ3n) is 4.40. The lowest BCUT2D eigenvalue weighted by Crippen LogP contribution is -2.42. The van der Waals surface area contributed by atoms with Crippen LogP contribution in [0.15, 0.2) is 50.4 Å². The van der Waals surface area contributed by atoms with Gasteiger partial charge in [-0.3, -0.25) is 9.69 Å². The van der Waals surface area contributed by atoms with Crippen molar-refractivity contribution < 1.29 is 14.3 Å². The first kappa shape index (κ1) is 22.4. The van der Waals surface area contributed by atoms with Gasteiger partial charge in [0, 0.05) is 18.7 Å². The van der Waals surface area contributed by atoms with Crippen LogP contribution in [0.3, 0.4) is 0 Å². The molecule has 3 rings (SSSR count). The number of nitrogens with zero attached hydrogens (tertiary/aromatic N) is 3. The zero-order valence-corrected chi connectivity index (χ0v) is 19.3. The van der Waals surface area contributed by atoms with Gasteiger partial charge in [0.2, 0.25) is 0 Å². The fraction of sp³-hybridized carbons (Fsp3) is 0.286. The Morgan fingerprint density at radius 2 is 1.97 bits per heavy atom. The van der Waals surface area contributed by atoms with Crippen molar-refractivity contribution >= 4 is 44.0 Å². The Kier molecular flexibility index (Phi) is 8.39. The number of hydrogen-bond acceptors (Lipinski definition) is 6. The van der Waals surface area contributed by atoms with E-state index in [1.165, 1.54) is 0 Å². The zero-order chi connectivity index (χ0) is 21.3. The summed E-state index contributed by atoms with van der Waals surface area (Å²) < 4.78 is 12.6. The quantitative estimate of drug-likeness (QED) is 0.433. The van der Waals surface area contributed by atoms with Gasteiger partial charge in [0.25, 0.3) is 5.91 Å². The maximum absolute atomic E-state index is 12.0. The number of hydrazone groups is 1. The molecule has 1 N–H and O–H groups in total. The molecule has 1 aliphatic rings. The summed E-state index contributed by atoms with van der Waals surface area (Å²) in [5, 5.41) is 13.2. The Bertz CT molecular complexity index is 946. The first-order valence-electron chi connectivity index (χ1n) is 9.28. The third-order valence-corrected chi connectivity index (χ3v) is 5.58. The maximum atomic E-state index is 12.0. The number of nitrogens with one attached hydrogen (secondary N) is 1. The summed E-state index contributed by atoms with van der Waals surface area (Å²) >= 11 is 7.01. The third kappa shape index (κ3) is 6.37. The molecule has 0 saturated carbocycles. The van der Waals surface area contributed by atoms with Gasteiger partial charge in [0.1, 0.15) is 12.4 Å². The lowest BCUT2D eigenvalue weighted by Gasteiger charge is -2.25. The van der Waals surface area contributed by atoms with E-state index in [4.69, 9.17) is 9.47 Å². The van der Waals surface area contributed by atoms with Crippen LogP contribution in [0.25, 0.3) is 0 Å². The van der Waals surface area contributed by atoms with Crippen LogP contribution in [0, 0.1) is 11.3 Å². The topological polar surface area (TPSA) is 86.9 Å². The highest BCUT2D eigenvalue weighted by molar-refractivity contribution is 9.11. The molecule has 0 atom stereocenters. The first-order chi connectivity index (χ1) is 14.6. The molecule has 1 saturated heterocycles. The molecule has 0 radical (unpaired) electrons. The van der Waals surface area contributed by atoms with Gasteiger partial charge in [-0.15, -0.1) is 0 Å². The maximum Gasteiger partial charge on any atom is 0.254 e. The number of carbonyl (C=O) groups is 1. The van der Waals surface area contributed by atoms with Gasteiger partial charge in [-0.25, -0.2) is 5.43 Å². The summed E-state index contributed by atoms with van der Waals surface area (Å²) in [5.74, 6) is 0.457. The molecule has 1 fully saturated rings. The second-order valence-corrected chi connectivity index (χ2v) is 8.26. The number of benzene rings is 2. The lowest BCUT2D eigenvalue weighted by atomic mass is 10.1. The minimum absolute atomic E-state index is 0.164. The molecule has 1 aliphatic heterocycles. The second-order valence-electron chi connectivity index (χ2n) is 6.55. The second kappa shape index (κ2) is 11.2. The summed E-state index contributed by atoms with van der Waals surface area (Å²) in [7, 11) is 0. The van der Waals surface area contributed by atoms with Gasteiger partial charge < -0.3 is 9.47 Å². The fourth-order valence-corrected chi connectivity index (χ4v) is 4.32. The number of nitriles is 1. The molecular formula is C21H20Br2N4O3. The van der Waals surface area contributed by atoms with E-state index in [9.17, 15) is 10.1 Å². The van der Waals surface area contributed by atoms with Crippen molar-refractivity contribution in [3.8, 4) is 11.8 Å². The van der Waals surface area contributed by atoms with Crippen LogP contribution in [0.1, 0.15) is 16.7 Å². The highest BCUT2D eigenvalue weighted by atomic mass is 79.9. The molecule has 0 bridgehead atoms. The molecule has 7 nitrogen and oxygen atoms in total. The summed E-state index contributed by atoms with van der Waals surface area (Å²) in [5.41, 5.74) is 4.73. The van der Waals surface area contributed by atoms with E-state index in [-0.39, 0.29) is 12.5 Å². The van der Waals surface area contributed by atoms with Gasteiger partial charge in [-0.2, -0.15) is 10.4 Å². The molecule has 0 unspecified atom stereocenters. The van der Waals surface area contributed by atoms with Crippen LogP contribution >= 0.6 is 31.9 Å². The predicted octanol–water partition coefficient (Wildman–Crippen LogP) is 3.44. The fourth-order valence-electron chi connectivity index (χ4n) is 2.87. The molecule has 2 aromatic carbocycles. The van der Waals surface area contributed by atoms with E-state index < -0.39 is 0 Å². The van der Waals surface area contributed by atoms with E-state index in [0.717, 1.165) is 33.2 Å². The normalized spacial score (nSPS) is 14.4. The molecule has 30 heavy (non-hydrogen) atoms. The number of carbonyl (C=O) groups excluding carboxylic acids is 1. The molecule has 1 amide bonds. The highest BCUT2D eigenvalue weighted by Crippen LogP contribution is 2.35. The van der Waals surface area contributed by atoms with Crippen LogP contribution in [0.5, 0.6) is 5.75 Å². The summed E-state index contributed by atoms with van der Waals surface area (Å²) in [6, 6.07) is 13.2. The standard InChI is InChI=1S/C21H20Br2N4O3/c22-18-9-15(12-25-26-20(28)13-27-5-7-29-8-6-27)10-19(23)21(18)30-14-17-4-2-1-3-16(17)11-24/h1-4,9-10,12H,5-8,13-14H2,(H,26,28)/b25-12+. The van der Waals surface area contributed by atoms with Crippen LogP contribution in [-0.2, 0) is 16.1 Å². The number of ether oxygens (including phenoxy) is 2. The number of rotatable bonds is 7. The predicted molar refractivity (Wildman–Crippen MR) is 120 cm³/mol. The molecule has 9 heteroatoms. The van der Waals surface area contributed by atoms with Gasteiger partial charge in [-0.1, -0.05) is 18.2 Å². The SMILES string of the molecule is N#Cc1ccccc1COc1c(Br)cc(/C=N/NC(=O)CN2CCOCC2)cc1Br. The van der Waals surface area contributed by atoms with E-state index in [1.54, 1.807) is 12.3 Å². The number of morpholine rings is 1. The van der Waals surface area contributed by atoms with Crippen LogP contribution in [0.2, 0.25) is 0 Å². The van der Waals surface area contributed by atoms with E-state index >= 15 is 0 Å². The smallest absolute Gasteiger partial charge is 0.254 e. The van der Waals surface area contributed by atoms with Crippen molar-refractivity contribution in [3.05, 3.63) is 62.0 Å². The lowest BCUT2D eigenvalue weighted by molar-refractivity contribution is -0.123. The molecule has 1 heterocycles. The molecule has 0 spiro atoms. The number of hydrogen-bond donors (Lipinski definition) is 1. The van der Waals surface area contributed by atoms with Crippen molar-refractivity contribution in [1.29, 1.82) is 5.26 Å². The van der Waals surface area contributed by atoms with Crippen molar-refractivity contribution in [2.24, 2.45) is 5.10 Å². The Morgan fingerprint density at radius 1 is 1.27 bits per heavy atom. The summed E-state index contributed by atoms with van der Waals surface area (Å²) in [4.78, 5) is 14.0. The van der Waals surface area contributed by atoms with Gasteiger partial charge in [0.15, 0.2) is 0 Å². The van der Waals surface area contributed by atoms with Crippen LogP contribution in [0.4, 0.5) is 0 Å². The Hall–Kier alpha value is -2.25. The Morgan fingerprint density at radius 3 is 2.67 bits per heavy atom. The molecular weight excluding hydrogens is 516 g/mol. The zero-order valence-electron chi connectivity index (χ0n) is 16.1. The molecule has 0 aromatic heterocycles. The minimum atomic E-state index is -0.164. The van der Waals surface area contributed by atoms with Crippen molar-refractivity contribution in [3.63, 3.8) is 0 Å². The Labute approximate surface area is 191 Å². The first-order valence-corrected chi connectivity index (χ1v) is 10.9. The largest absolute Gasteiger partial charge is 0.486 e. The molecule has 2 aromatic rings. The average Bonchev–Trinajstić information content (AvgIpc) is 2.74. The summed E-state index contributed by atoms with van der Waals surface area (Å²) in [6.45, 7) is 3.36. The molecule has 156 valence electrons. The molecule has 0 aliphatic carbocycles. The van der Waals surface area contributed by atoms with Crippen LogP contribution in [-0.4, -0.2) is 49.9 Å². The Balaban J connectivity index is 1.58. The van der Waals surface area contributed by atoms with E-state index in [2.05, 4.69) is 48.5 Å². The minimum Gasteiger partial charge on any atom is -0.486 e. The van der Waals surface area contributed by atoms with Crippen LogP contribution < -0.4 is 10.2 Å².